The molecule has 5 rings (SSSR count). The Morgan fingerprint density at radius 1 is 0.889 bits per heavy atom. The van der Waals surface area contributed by atoms with E-state index in [9.17, 15) is 27.9 Å². The highest BCUT2D eigenvalue weighted by Gasteiger charge is 2.30. The van der Waals surface area contributed by atoms with Crippen LogP contribution < -0.4 is 21.1 Å². The Bertz CT molecular complexity index is 2050. The topological polar surface area (TPSA) is 196 Å². The number of nitrogens with zero attached hydrogens (tertiary/aromatic N) is 1. The number of allylic oxidation sites excluding steroid dienone is 1. The summed E-state index contributed by atoms with van der Waals surface area (Å²) in [5, 5.41) is 15.3. The summed E-state index contributed by atoms with van der Waals surface area (Å²) in [6.07, 6.45) is 0.992. The molecule has 0 fully saturated rings. The monoisotopic (exact) mass is 758 g/mol. The second-order valence-corrected chi connectivity index (χ2v) is 14.1. The first-order valence-corrected chi connectivity index (χ1v) is 18.4. The minimum absolute atomic E-state index is 0.0113. The summed E-state index contributed by atoms with van der Waals surface area (Å²) in [4.78, 5) is 38.2. The number of para-hydroxylation sites is 2. The Labute approximate surface area is 313 Å². The maximum Gasteiger partial charge on any atom is 0.337 e. The Balaban J connectivity index is 1.26. The highest BCUT2D eigenvalue weighted by Crippen LogP contribution is 2.32. The minimum Gasteiger partial charge on any atom is -0.497 e. The smallest absolute Gasteiger partial charge is 0.337 e. The van der Waals surface area contributed by atoms with E-state index in [0.29, 0.717) is 28.3 Å². The van der Waals surface area contributed by atoms with Crippen LogP contribution in [-0.4, -0.2) is 82.4 Å². The standard InChI is InChI=1S/C39H42N4O10S/c1-50-31-15-17-32(18-16-31)54(48,49)43(19-21-44)20-22-52-36-24-30(27-11-13-29(14-12-27)39(47)51-2)23-35(53-36)38(46)41-25-26-7-9-28(10-8-26)37(45)42-34-6-4-3-5-33(34)40/h3-18,23,30,36,44H,19-22,24-25,40H2,1-2H3,(H,41,46)(H,42,45). The molecule has 0 saturated carbocycles. The lowest BCUT2D eigenvalue weighted by molar-refractivity contribution is -0.146. The summed E-state index contributed by atoms with van der Waals surface area (Å²) in [6, 6.07) is 26.3. The van der Waals surface area contributed by atoms with Crippen molar-refractivity contribution in [1.82, 2.24) is 9.62 Å². The summed E-state index contributed by atoms with van der Waals surface area (Å²) in [7, 11) is -1.21. The van der Waals surface area contributed by atoms with Gasteiger partial charge in [0.25, 0.3) is 11.8 Å². The van der Waals surface area contributed by atoms with Crippen molar-refractivity contribution in [3.8, 4) is 5.75 Å². The summed E-state index contributed by atoms with van der Waals surface area (Å²) in [5.74, 6) is -1.23. The number of rotatable bonds is 16. The van der Waals surface area contributed by atoms with Gasteiger partial charge in [0, 0.05) is 37.5 Å². The highest BCUT2D eigenvalue weighted by molar-refractivity contribution is 7.89. The molecule has 0 aromatic heterocycles. The molecular formula is C39H42N4O10S. The molecule has 0 bridgehead atoms. The summed E-state index contributed by atoms with van der Waals surface area (Å²) in [6.45, 7) is -0.675. The zero-order chi connectivity index (χ0) is 38.7. The summed E-state index contributed by atoms with van der Waals surface area (Å²) < 4.78 is 49.8. The van der Waals surface area contributed by atoms with Gasteiger partial charge in [-0.1, -0.05) is 36.4 Å². The third-order valence-corrected chi connectivity index (χ3v) is 10.5. The second kappa shape index (κ2) is 18.3. The van der Waals surface area contributed by atoms with E-state index in [1.165, 1.54) is 38.5 Å². The molecule has 1 aliphatic rings. The quantitative estimate of drug-likeness (QED) is 0.0951. The predicted octanol–water partition coefficient (Wildman–Crippen LogP) is 4.05. The number of carbonyl (C=O) groups is 3. The molecule has 2 unspecified atom stereocenters. The fraction of sp³-hybridized carbons (Fsp3) is 0.256. The lowest BCUT2D eigenvalue weighted by Gasteiger charge is -2.30. The number of amides is 2. The largest absolute Gasteiger partial charge is 0.497 e. The Hall–Kier alpha value is -5.74. The van der Waals surface area contributed by atoms with Crippen molar-refractivity contribution in [2.24, 2.45) is 0 Å². The number of hydrogen-bond donors (Lipinski definition) is 4. The molecule has 54 heavy (non-hydrogen) atoms. The van der Waals surface area contributed by atoms with Gasteiger partial charge < -0.3 is 40.4 Å². The van der Waals surface area contributed by atoms with Crippen LogP contribution in [0.15, 0.2) is 114 Å². The molecule has 0 aliphatic carbocycles. The SMILES string of the molecule is COC(=O)c1ccc(C2C=C(C(=O)NCc3ccc(C(=O)Nc4ccccc4N)cc3)OC(OCCN(CCO)S(=O)(=O)c3ccc(OC)cc3)C2)cc1. The maximum atomic E-state index is 13.5. The van der Waals surface area contributed by atoms with Crippen LogP contribution in [0.4, 0.5) is 11.4 Å². The number of nitrogens with two attached hydrogens (primary N) is 1. The lowest BCUT2D eigenvalue weighted by atomic mass is 9.92. The van der Waals surface area contributed by atoms with E-state index >= 15 is 0 Å². The number of aliphatic hydroxyl groups is 1. The predicted molar refractivity (Wildman–Crippen MR) is 200 cm³/mol. The molecule has 0 radical (unpaired) electrons. The fourth-order valence-corrected chi connectivity index (χ4v) is 7.05. The zero-order valence-electron chi connectivity index (χ0n) is 29.8. The summed E-state index contributed by atoms with van der Waals surface area (Å²) >= 11 is 0. The molecule has 284 valence electrons. The van der Waals surface area contributed by atoms with Crippen molar-refractivity contribution in [1.29, 1.82) is 0 Å². The Morgan fingerprint density at radius 3 is 2.22 bits per heavy atom. The molecular weight excluding hydrogens is 717 g/mol. The van der Waals surface area contributed by atoms with Gasteiger partial charge in [-0.25, -0.2) is 13.2 Å². The molecule has 2 atom stereocenters. The zero-order valence-corrected chi connectivity index (χ0v) is 30.6. The highest BCUT2D eigenvalue weighted by atomic mass is 32.2. The van der Waals surface area contributed by atoms with Crippen LogP contribution in [0.2, 0.25) is 0 Å². The molecule has 1 aliphatic heterocycles. The number of carbonyl (C=O) groups excluding carboxylic acids is 3. The molecule has 0 spiro atoms. The third kappa shape index (κ3) is 10.0. The van der Waals surface area contributed by atoms with Crippen molar-refractivity contribution < 1.29 is 46.9 Å². The van der Waals surface area contributed by atoms with E-state index < -0.39 is 34.8 Å². The Morgan fingerprint density at radius 2 is 1.57 bits per heavy atom. The van der Waals surface area contributed by atoms with Gasteiger partial charge in [-0.3, -0.25) is 9.59 Å². The molecule has 5 N–H and O–H groups in total. The molecule has 15 heteroatoms. The summed E-state index contributed by atoms with van der Waals surface area (Å²) in [5.41, 5.74) is 9.14. The number of anilines is 2. The average molecular weight is 759 g/mol. The number of nitrogens with one attached hydrogen (secondary N) is 2. The number of ether oxygens (including phenoxy) is 4. The van der Waals surface area contributed by atoms with E-state index in [2.05, 4.69) is 10.6 Å². The van der Waals surface area contributed by atoms with Crippen molar-refractivity contribution in [2.45, 2.75) is 30.1 Å². The van der Waals surface area contributed by atoms with Gasteiger partial charge in [-0.2, -0.15) is 4.31 Å². The number of sulfonamides is 1. The van der Waals surface area contributed by atoms with Crippen molar-refractivity contribution in [2.75, 3.05) is 51.6 Å². The van der Waals surface area contributed by atoms with E-state index in [1.54, 1.807) is 78.9 Å². The van der Waals surface area contributed by atoms with Crippen LogP contribution in [0.5, 0.6) is 5.75 Å². The lowest BCUT2D eigenvalue weighted by Crippen LogP contribution is -2.38. The number of benzene rings is 4. The van der Waals surface area contributed by atoms with Crippen LogP contribution >= 0.6 is 0 Å². The number of nitrogen functional groups attached to an aromatic ring is 1. The fourth-order valence-electron chi connectivity index (χ4n) is 5.63. The van der Waals surface area contributed by atoms with Gasteiger partial charge in [-0.05, 0) is 77.9 Å². The second-order valence-electron chi connectivity index (χ2n) is 12.1. The number of methoxy groups -OCH3 is 2. The van der Waals surface area contributed by atoms with Gasteiger partial charge in [-0.15, -0.1) is 0 Å². The van der Waals surface area contributed by atoms with Crippen molar-refractivity contribution >= 4 is 39.2 Å². The third-order valence-electron chi connectivity index (χ3n) is 8.61. The van der Waals surface area contributed by atoms with Crippen LogP contribution in [0.25, 0.3) is 0 Å². The van der Waals surface area contributed by atoms with Gasteiger partial charge in [0.1, 0.15) is 5.75 Å². The number of aliphatic hydroxyl groups excluding tert-OH is 1. The van der Waals surface area contributed by atoms with Crippen molar-refractivity contribution in [3.63, 3.8) is 0 Å². The number of hydrogen-bond acceptors (Lipinski definition) is 11. The average Bonchev–Trinajstić information content (AvgIpc) is 3.20. The minimum atomic E-state index is -3.98. The first-order valence-electron chi connectivity index (χ1n) is 17.0. The van der Waals surface area contributed by atoms with Crippen LogP contribution in [0.1, 0.15) is 44.2 Å². The molecule has 1 heterocycles. The van der Waals surface area contributed by atoms with Crippen molar-refractivity contribution in [3.05, 3.63) is 131 Å². The molecule has 14 nitrogen and oxygen atoms in total. The van der Waals surface area contributed by atoms with Gasteiger partial charge in [0.15, 0.2) is 5.76 Å². The molecule has 2 amide bonds. The Kier molecular flexibility index (Phi) is 13.4. The van der Waals surface area contributed by atoms with E-state index in [4.69, 9.17) is 24.7 Å². The van der Waals surface area contributed by atoms with Crippen LogP contribution in [0, 0.1) is 0 Å². The van der Waals surface area contributed by atoms with Crippen LogP contribution in [0.3, 0.4) is 0 Å². The molecule has 4 aromatic carbocycles. The first kappa shape index (κ1) is 39.5. The van der Waals surface area contributed by atoms with E-state index in [0.717, 1.165) is 15.4 Å². The number of esters is 1. The first-order chi connectivity index (χ1) is 26.0. The van der Waals surface area contributed by atoms with Gasteiger partial charge >= 0.3 is 5.97 Å². The molecule has 4 aromatic rings. The molecule has 0 saturated heterocycles. The van der Waals surface area contributed by atoms with Crippen LogP contribution in [-0.2, 0) is 35.6 Å². The van der Waals surface area contributed by atoms with Gasteiger partial charge in [0.2, 0.25) is 16.3 Å². The van der Waals surface area contributed by atoms with E-state index in [-0.39, 0.29) is 55.1 Å². The maximum absolute atomic E-state index is 13.5. The normalized spacial score (nSPS) is 15.4. The van der Waals surface area contributed by atoms with Gasteiger partial charge in [0.05, 0.1) is 49.3 Å². The van der Waals surface area contributed by atoms with E-state index in [1.807, 2.05) is 0 Å².